The molecule has 1 heterocycles. The van der Waals surface area contributed by atoms with Crippen LogP contribution in [0.1, 0.15) is 17.0 Å². The Morgan fingerprint density at radius 2 is 2.20 bits per heavy atom. The van der Waals surface area contributed by atoms with Crippen molar-refractivity contribution in [3.05, 3.63) is 39.3 Å². The van der Waals surface area contributed by atoms with Crippen molar-refractivity contribution in [1.29, 1.82) is 0 Å². The molecule has 3 rings (SSSR count). The van der Waals surface area contributed by atoms with E-state index in [0.717, 1.165) is 4.47 Å². The van der Waals surface area contributed by atoms with E-state index in [0.29, 0.717) is 0 Å². The molecule has 0 saturated heterocycles. The normalized spacial score (nSPS) is 14.2. The first-order valence-corrected chi connectivity index (χ1v) is 6.68. The predicted octanol–water partition coefficient (Wildman–Crippen LogP) is 4.06. The smallest absolute Gasteiger partial charge is 0.123 e. The molecule has 15 heavy (non-hydrogen) atoms. The minimum absolute atomic E-state index is 1.12. The summed E-state index contributed by atoms with van der Waals surface area (Å²) in [5.41, 5.74) is 2.55. The first kappa shape index (κ1) is 9.55. The fraction of sp³-hybridized carbons (Fsp3) is 0.250. The molecule has 2 aromatic rings. The molecule has 1 aromatic heterocycles. The van der Waals surface area contributed by atoms with Gasteiger partial charge in [-0.1, -0.05) is 28.1 Å². The lowest BCUT2D eigenvalue weighted by Gasteiger charge is -1.96. The number of halogens is 1. The van der Waals surface area contributed by atoms with Crippen molar-refractivity contribution >= 4 is 27.3 Å². The van der Waals surface area contributed by atoms with E-state index in [9.17, 15) is 0 Å². The topological polar surface area (TPSA) is 12.9 Å². The molecule has 0 fully saturated rings. The van der Waals surface area contributed by atoms with E-state index in [1.807, 2.05) is 17.4 Å². The standard InChI is InChI=1S/C12H10BrNS/c13-9-4-1-3-8(7-9)12-14-10-5-2-6-11(10)15-12/h1,3-4,7H,2,5-6H2. The Kier molecular flexibility index (Phi) is 2.37. The molecule has 3 heteroatoms. The maximum atomic E-state index is 4.70. The lowest BCUT2D eigenvalue weighted by molar-refractivity contribution is 0.900. The zero-order chi connectivity index (χ0) is 10.3. The van der Waals surface area contributed by atoms with Crippen LogP contribution in [0.4, 0.5) is 0 Å². The fourth-order valence-corrected chi connectivity index (χ4v) is 3.48. The molecule has 0 unspecified atom stereocenters. The monoisotopic (exact) mass is 279 g/mol. The van der Waals surface area contributed by atoms with Crippen LogP contribution in [0.5, 0.6) is 0 Å². The van der Waals surface area contributed by atoms with Crippen LogP contribution in [0.15, 0.2) is 28.7 Å². The highest BCUT2D eigenvalue weighted by atomic mass is 79.9. The number of aromatic nitrogens is 1. The SMILES string of the molecule is Brc1cccc(-c2nc3c(s2)CCC3)c1. The molecule has 0 N–H and O–H groups in total. The molecule has 76 valence electrons. The van der Waals surface area contributed by atoms with Crippen molar-refractivity contribution in [3.8, 4) is 10.6 Å². The molecule has 0 saturated carbocycles. The van der Waals surface area contributed by atoms with Crippen molar-refractivity contribution in [1.82, 2.24) is 4.98 Å². The van der Waals surface area contributed by atoms with Crippen LogP contribution in [-0.2, 0) is 12.8 Å². The van der Waals surface area contributed by atoms with Gasteiger partial charge in [0.1, 0.15) is 5.01 Å². The third kappa shape index (κ3) is 1.74. The Bertz CT molecular complexity index is 483. The minimum atomic E-state index is 1.12. The summed E-state index contributed by atoms with van der Waals surface area (Å²) >= 11 is 5.34. The van der Waals surface area contributed by atoms with Gasteiger partial charge in [0.25, 0.3) is 0 Å². The van der Waals surface area contributed by atoms with Crippen molar-refractivity contribution in [2.75, 3.05) is 0 Å². The Morgan fingerprint density at radius 1 is 1.27 bits per heavy atom. The van der Waals surface area contributed by atoms with Crippen LogP contribution in [-0.4, -0.2) is 4.98 Å². The van der Waals surface area contributed by atoms with E-state index in [1.54, 1.807) is 0 Å². The maximum Gasteiger partial charge on any atom is 0.123 e. The molecule has 1 aromatic carbocycles. The van der Waals surface area contributed by atoms with Crippen molar-refractivity contribution in [2.45, 2.75) is 19.3 Å². The third-order valence-corrected chi connectivity index (χ3v) is 4.37. The highest BCUT2D eigenvalue weighted by Gasteiger charge is 2.17. The quantitative estimate of drug-likeness (QED) is 0.767. The fourth-order valence-electron chi connectivity index (χ4n) is 1.94. The summed E-state index contributed by atoms with van der Waals surface area (Å²) in [6, 6.07) is 8.36. The number of hydrogen-bond donors (Lipinski definition) is 0. The zero-order valence-corrected chi connectivity index (χ0v) is 10.6. The Morgan fingerprint density at radius 3 is 3.00 bits per heavy atom. The zero-order valence-electron chi connectivity index (χ0n) is 8.16. The van der Waals surface area contributed by atoms with Crippen LogP contribution in [0.2, 0.25) is 0 Å². The lowest BCUT2D eigenvalue weighted by Crippen LogP contribution is -1.80. The lowest BCUT2D eigenvalue weighted by atomic mass is 10.2. The van der Waals surface area contributed by atoms with Crippen LogP contribution < -0.4 is 0 Å². The number of thiazole rings is 1. The largest absolute Gasteiger partial charge is 0.241 e. The molecule has 0 radical (unpaired) electrons. The van der Waals surface area contributed by atoms with Gasteiger partial charge in [0.15, 0.2) is 0 Å². The van der Waals surface area contributed by atoms with Gasteiger partial charge in [-0.25, -0.2) is 4.98 Å². The van der Waals surface area contributed by atoms with Gasteiger partial charge < -0.3 is 0 Å². The molecule has 0 aliphatic heterocycles. The molecule has 1 aliphatic carbocycles. The first-order valence-electron chi connectivity index (χ1n) is 5.07. The van der Waals surface area contributed by atoms with E-state index >= 15 is 0 Å². The van der Waals surface area contributed by atoms with E-state index in [4.69, 9.17) is 4.98 Å². The van der Waals surface area contributed by atoms with Crippen molar-refractivity contribution < 1.29 is 0 Å². The first-order chi connectivity index (χ1) is 7.33. The number of fused-ring (bicyclic) bond motifs is 1. The summed E-state index contributed by atoms with van der Waals surface area (Å²) in [5, 5.41) is 1.17. The van der Waals surface area contributed by atoms with E-state index < -0.39 is 0 Å². The Hall–Kier alpha value is -0.670. The van der Waals surface area contributed by atoms with Gasteiger partial charge >= 0.3 is 0 Å². The Labute approximate surface area is 101 Å². The summed E-state index contributed by atoms with van der Waals surface area (Å²) in [7, 11) is 0. The average Bonchev–Trinajstić information content (AvgIpc) is 2.76. The number of nitrogens with zero attached hydrogens (tertiary/aromatic N) is 1. The summed E-state index contributed by atoms with van der Waals surface area (Å²) < 4.78 is 1.12. The number of benzene rings is 1. The molecular formula is C12H10BrNS. The predicted molar refractivity (Wildman–Crippen MR) is 67.3 cm³/mol. The van der Waals surface area contributed by atoms with Gasteiger partial charge in [0.05, 0.1) is 5.69 Å². The summed E-state index contributed by atoms with van der Waals surface area (Å²) in [6.45, 7) is 0. The summed E-state index contributed by atoms with van der Waals surface area (Å²) in [5.74, 6) is 0. The van der Waals surface area contributed by atoms with Gasteiger partial charge in [-0.2, -0.15) is 0 Å². The second-order valence-electron chi connectivity index (χ2n) is 3.75. The van der Waals surface area contributed by atoms with Gasteiger partial charge in [0, 0.05) is 14.9 Å². The van der Waals surface area contributed by atoms with E-state index in [2.05, 4.69) is 34.1 Å². The maximum absolute atomic E-state index is 4.70. The molecule has 1 nitrogen and oxygen atoms in total. The van der Waals surface area contributed by atoms with Crippen molar-refractivity contribution in [3.63, 3.8) is 0 Å². The molecular weight excluding hydrogens is 270 g/mol. The molecule has 1 aliphatic rings. The Balaban J connectivity index is 2.06. The highest BCUT2D eigenvalue weighted by molar-refractivity contribution is 9.10. The van der Waals surface area contributed by atoms with Crippen LogP contribution in [0, 0.1) is 0 Å². The van der Waals surface area contributed by atoms with Gasteiger partial charge in [0.2, 0.25) is 0 Å². The van der Waals surface area contributed by atoms with Gasteiger partial charge in [-0.05, 0) is 31.4 Å². The summed E-state index contributed by atoms with van der Waals surface area (Å²) in [6.07, 6.45) is 3.67. The number of rotatable bonds is 1. The average molecular weight is 280 g/mol. The highest BCUT2D eigenvalue weighted by Crippen LogP contribution is 2.33. The van der Waals surface area contributed by atoms with Gasteiger partial charge in [-0.15, -0.1) is 11.3 Å². The second kappa shape index (κ2) is 3.72. The second-order valence-corrected chi connectivity index (χ2v) is 5.75. The molecule has 0 spiro atoms. The van der Waals surface area contributed by atoms with Crippen LogP contribution in [0.25, 0.3) is 10.6 Å². The van der Waals surface area contributed by atoms with Crippen LogP contribution >= 0.6 is 27.3 Å². The van der Waals surface area contributed by atoms with Crippen molar-refractivity contribution in [2.24, 2.45) is 0 Å². The third-order valence-electron chi connectivity index (χ3n) is 2.67. The molecule has 0 atom stereocenters. The number of hydrogen-bond acceptors (Lipinski definition) is 2. The minimum Gasteiger partial charge on any atom is -0.241 e. The van der Waals surface area contributed by atoms with Gasteiger partial charge in [-0.3, -0.25) is 0 Å². The summed E-state index contributed by atoms with van der Waals surface area (Å²) in [4.78, 5) is 6.19. The molecule has 0 amide bonds. The van der Waals surface area contributed by atoms with E-state index in [-0.39, 0.29) is 0 Å². The van der Waals surface area contributed by atoms with Crippen LogP contribution in [0.3, 0.4) is 0 Å². The molecule has 0 bridgehead atoms. The van der Waals surface area contributed by atoms with E-state index in [1.165, 1.54) is 40.4 Å². The number of aryl methyl sites for hydroxylation is 2.